The number of esters is 1. The third-order valence-corrected chi connectivity index (χ3v) is 5.49. The number of methoxy groups -OCH3 is 1. The second-order valence-electron chi connectivity index (χ2n) is 8.48. The molecule has 0 aliphatic carbocycles. The third kappa shape index (κ3) is 5.68. The molecule has 0 spiro atoms. The highest BCUT2D eigenvalue weighted by Gasteiger charge is 2.42. The first kappa shape index (κ1) is 24.2. The van der Waals surface area contributed by atoms with Crippen molar-refractivity contribution in [3.05, 3.63) is 48.0 Å². The van der Waals surface area contributed by atoms with Gasteiger partial charge in [0.1, 0.15) is 18.3 Å². The Morgan fingerprint density at radius 3 is 2.38 bits per heavy atom. The van der Waals surface area contributed by atoms with Crippen LogP contribution in [0.25, 0.3) is 0 Å². The van der Waals surface area contributed by atoms with Gasteiger partial charge >= 0.3 is 12.1 Å². The van der Waals surface area contributed by atoms with Crippen molar-refractivity contribution in [1.82, 2.24) is 4.90 Å². The van der Waals surface area contributed by atoms with Crippen molar-refractivity contribution in [2.45, 2.75) is 76.9 Å². The smallest absolute Gasteiger partial charge is 0.410 e. The second kappa shape index (κ2) is 10.9. The Labute approximate surface area is 189 Å². The molecular weight excluding hydrogens is 414 g/mol. The van der Waals surface area contributed by atoms with Crippen LogP contribution in [0.5, 0.6) is 0 Å². The van der Waals surface area contributed by atoms with Crippen LogP contribution in [0, 0.1) is 0 Å². The summed E-state index contributed by atoms with van der Waals surface area (Å²) < 4.78 is 28.7. The average Bonchev–Trinajstić information content (AvgIpc) is 2.75. The van der Waals surface area contributed by atoms with Gasteiger partial charge in [-0.15, -0.1) is 0 Å². The fourth-order valence-corrected chi connectivity index (χ4v) is 4.01. The SMILES string of the molecule is COC(=O)[C@@H]1O[C@@H]2CO[C@@H](c3ccccc3)O[C@H]2/C=C\C[C@H]1OC(=O)N(C(C)C)C(C)C. The molecule has 8 heteroatoms. The lowest BCUT2D eigenvalue weighted by atomic mass is 10.0. The first-order valence-corrected chi connectivity index (χ1v) is 11.0. The van der Waals surface area contributed by atoms with E-state index in [0.717, 1.165) is 5.56 Å². The number of carbonyl (C=O) groups is 2. The fourth-order valence-electron chi connectivity index (χ4n) is 4.01. The van der Waals surface area contributed by atoms with Crippen LogP contribution in [-0.2, 0) is 28.5 Å². The van der Waals surface area contributed by atoms with Crippen LogP contribution in [-0.4, -0.2) is 67.2 Å². The molecule has 0 N–H and O–H groups in total. The van der Waals surface area contributed by atoms with Gasteiger partial charge in [-0.25, -0.2) is 9.59 Å². The van der Waals surface area contributed by atoms with E-state index in [9.17, 15) is 9.59 Å². The summed E-state index contributed by atoms with van der Waals surface area (Å²) >= 11 is 0. The Hall–Kier alpha value is -2.42. The van der Waals surface area contributed by atoms with E-state index in [4.69, 9.17) is 23.7 Å². The minimum absolute atomic E-state index is 0.0523. The molecule has 1 aromatic carbocycles. The minimum atomic E-state index is -1.09. The summed E-state index contributed by atoms with van der Waals surface area (Å²) in [6.07, 6.45) is 0.102. The molecule has 1 aromatic rings. The van der Waals surface area contributed by atoms with Crippen molar-refractivity contribution < 1.29 is 33.3 Å². The summed E-state index contributed by atoms with van der Waals surface area (Å²) in [6, 6.07) is 9.52. The molecule has 5 atom stereocenters. The summed E-state index contributed by atoms with van der Waals surface area (Å²) in [7, 11) is 1.28. The molecule has 2 aliphatic heterocycles. The van der Waals surface area contributed by atoms with Gasteiger partial charge in [0.15, 0.2) is 12.4 Å². The van der Waals surface area contributed by atoms with Crippen LogP contribution in [0.4, 0.5) is 4.79 Å². The largest absolute Gasteiger partial charge is 0.467 e. The molecule has 3 rings (SSSR count). The van der Waals surface area contributed by atoms with Crippen molar-refractivity contribution in [2.24, 2.45) is 0 Å². The van der Waals surface area contributed by atoms with Crippen molar-refractivity contribution in [3.63, 3.8) is 0 Å². The molecule has 0 unspecified atom stereocenters. The maximum atomic E-state index is 12.9. The van der Waals surface area contributed by atoms with Crippen molar-refractivity contribution in [2.75, 3.05) is 13.7 Å². The molecule has 1 saturated heterocycles. The molecule has 1 fully saturated rings. The Kier molecular flexibility index (Phi) is 8.28. The number of fused-ring (bicyclic) bond motifs is 1. The lowest BCUT2D eigenvalue weighted by Gasteiger charge is -2.39. The van der Waals surface area contributed by atoms with E-state index in [-0.39, 0.29) is 18.7 Å². The molecular formula is C24H33NO7. The van der Waals surface area contributed by atoms with Crippen LogP contribution in [0.15, 0.2) is 42.5 Å². The Balaban J connectivity index is 1.77. The fraction of sp³-hybridized carbons (Fsp3) is 0.583. The summed E-state index contributed by atoms with van der Waals surface area (Å²) in [5.41, 5.74) is 0.903. The van der Waals surface area contributed by atoms with Crippen molar-refractivity contribution >= 4 is 12.1 Å². The van der Waals surface area contributed by atoms with Crippen molar-refractivity contribution in [1.29, 1.82) is 0 Å². The molecule has 2 heterocycles. The second-order valence-corrected chi connectivity index (χ2v) is 8.48. The zero-order chi connectivity index (χ0) is 23.3. The normalized spacial score (nSPS) is 28.9. The van der Waals surface area contributed by atoms with E-state index in [1.54, 1.807) is 4.90 Å². The van der Waals surface area contributed by atoms with Crippen LogP contribution >= 0.6 is 0 Å². The van der Waals surface area contributed by atoms with Gasteiger partial charge in [-0.2, -0.15) is 0 Å². The van der Waals surface area contributed by atoms with Gasteiger partial charge in [0.2, 0.25) is 0 Å². The maximum absolute atomic E-state index is 12.9. The molecule has 0 radical (unpaired) electrons. The van der Waals surface area contributed by atoms with Crippen molar-refractivity contribution in [3.8, 4) is 0 Å². The summed E-state index contributed by atoms with van der Waals surface area (Å²) in [4.78, 5) is 27.0. The van der Waals surface area contributed by atoms with E-state index in [1.807, 2.05) is 70.2 Å². The van der Waals surface area contributed by atoms with E-state index in [0.29, 0.717) is 6.42 Å². The predicted octanol–water partition coefficient (Wildman–Crippen LogP) is 3.61. The van der Waals surface area contributed by atoms with Crippen LogP contribution < -0.4 is 0 Å². The van der Waals surface area contributed by atoms with Gasteiger partial charge in [-0.3, -0.25) is 0 Å². The maximum Gasteiger partial charge on any atom is 0.410 e. The number of hydrogen-bond donors (Lipinski definition) is 0. The zero-order valence-corrected chi connectivity index (χ0v) is 19.3. The Bertz CT molecular complexity index is 787. The predicted molar refractivity (Wildman–Crippen MR) is 117 cm³/mol. The van der Waals surface area contributed by atoms with E-state index in [1.165, 1.54) is 7.11 Å². The number of amides is 1. The van der Waals surface area contributed by atoms with Gasteiger partial charge in [0.25, 0.3) is 0 Å². The van der Waals surface area contributed by atoms with E-state index >= 15 is 0 Å². The van der Waals surface area contributed by atoms with Gasteiger partial charge in [0, 0.05) is 24.1 Å². The summed E-state index contributed by atoms with van der Waals surface area (Å²) in [6.45, 7) is 7.87. The average molecular weight is 448 g/mol. The first-order chi connectivity index (χ1) is 15.3. The molecule has 8 nitrogen and oxygen atoms in total. The molecule has 0 saturated carbocycles. The molecule has 32 heavy (non-hydrogen) atoms. The molecule has 1 amide bonds. The highest BCUT2D eigenvalue weighted by molar-refractivity contribution is 5.76. The van der Waals surface area contributed by atoms with Crippen LogP contribution in [0.3, 0.4) is 0 Å². The number of rotatable bonds is 5. The lowest BCUT2D eigenvalue weighted by Crippen LogP contribution is -2.51. The van der Waals surface area contributed by atoms with E-state index in [2.05, 4.69) is 0 Å². The number of ether oxygens (including phenoxy) is 5. The Morgan fingerprint density at radius 1 is 1.06 bits per heavy atom. The highest BCUT2D eigenvalue weighted by Crippen LogP contribution is 2.31. The zero-order valence-electron chi connectivity index (χ0n) is 19.3. The van der Waals surface area contributed by atoms with Gasteiger partial charge < -0.3 is 28.6 Å². The molecule has 0 aromatic heterocycles. The minimum Gasteiger partial charge on any atom is -0.467 e. The monoisotopic (exact) mass is 447 g/mol. The highest BCUT2D eigenvalue weighted by atomic mass is 16.7. The quantitative estimate of drug-likeness (QED) is 0.504. The van der Waals surface area contributed by atoms with Crippen LogP contribution in [0.1, 0.15) is 46.0 Å². The molecule has 176 valence electrons. The lowest BCUT2D eigenvalue weighted by molar-refractivity contribution is -0.266. The summed E-state index contributed by atoms with van der Waals surface area (Å²) in [5.74, 6) is -0.609. The van der Waals surface area contributed by atoms with Crippen LogP contribution in [0.2, 0.25) is 0 Å². The number of nitrogens with zero attached hydrogens (tertiary/aromatic N) is 1. The van der Waals surface area contributed by atoms with Gasteiger partial charge in [-0.1, -0.05) is 42.5 Å². The number of benzene rings is 1. The summed E-state index contributed by atoms with van der Waals surface area (Å²) in [5, 5.41) is 0. The van der Waals surface area contributed by atoms with Gasteiger partial charge in [0.05, 0.1) is 13.7 Å². The van der Waals surface area contributed by atoms with Gasteiger partial charge in [-0.05, 0) is 27.7 Å². The molecule has 2 aliphatic rings. The Morgan fingerprint density at radius 2 is 1.75 bits per heavy atom. The number of hydrogen-bond acceptors (Lipinski definition) is 7. The first-order valence-electron chi connectivity index (χ1n) is 11.0. The number of carbonyl (C=O) groups excluding carboxylic acids is 2. The topological polar surface area (TPSA) is 83.5 Å². The van der Waals surface area contributed by atoms with E-state index < -0.39 is 42.8 Å². The third-order valence-electron chi connectivity index (χ3n) is 5.49. The molecule has 0 bridgehead atoms. The standard InChI is InChI=1S/C24H33NO7/c1-15(2)25(16(3)4)24(27)32-19-13-9-12-18-20(30-21(19)22(26)28-5)14-29-23(31-18)17-10-7-6-8-11-17/h6-12,15-16,18-21,23H,13-14H2,1-5H3/b12-9-/t18-,19+,20+,21+,23+/m0/s1.